The number of hydrogen-bond donors (Lipinski definition) is 1. The molecule has 6 heteroatoms. The predicted octanol–water partition coefficient (Wildman–Crippen LogP) is 2.18. The van der Waals surface area contributed by atoms with Crippen molar-refractivity contribution in [2.75, 3.05) is 38.2 Å². The second-order valence-corrected chi connectivity index (χ2v) is 6.72. The molecule has 2 atom stereocenters. The molecule has 126 valence electrons. The monoisotopic (exact) mass is 327 g/mol. The molecule has 1 amide bonds. The number of likely N-dealkylation sites (tertiary alicyclic amines) is 1. The van der Waals surface area contributed by atoms with Crippen molar-refractivity contribution in [1.82, 2.24) is 9.88 Å². The van der Waals surface area contributed by atoms with E-state index in [0.29, 0.717) is 37.0 Å². The third kappa shape index (κ3) is 2.57. The number of pyridine rings is 1. The third-order valence-corrected chi connectivity index (χ3v) is 5.18. The van der Waals surface area contributed by atoms with Crippen molar-refractivity contribution in [3.05, 3.63) is 48.0 Å². The van der Waals surface area contributed by atoms with E-state index in [1.54, 1.807) is 18.5 Å². The van der Waals surface area contributed by atoms with Gasteiger partial charge in [-0.3, -0.25) is 4.79 Å². The zero-order valence-electron chi connectivity index (χ0n) is 13.7. The normalized spacial score (nSPS) is 25.7. The first kappa shape index (κ1) is 15.2. The van der Waals surface area contributed by atoms with Crippen LogP contribution in [0.3, 0.4) is 0 Å². The highest BCUT2D eigenvalue weighted by atomic mass is 16.5. The van der Waals surface area contributed by atoms with Crippen molar-refractivity contribution in [3.8, 4) is 0 Å². The Hall–Kier alpha value is -2.34. The molecular formula is C18H21N3O3. The largest absolute Gasteiger partial charge is 0.469 e. The number of aryl methyl sites for hydroxylation is 1. The maximum absolute atomic E-state index is 12.8. The van der Waals surface area contributed by atoms with Crippen LogP contribution >= 0.6 is 0 Å². The first-order chi connectivity index (χ1) is 11.7. The Morgan fingerprint density at radius 3 is 3.12 bits per heavy atom. The fourth-order valence-corrected chi connectivity index (χ4v) is 3.75. The van der Waals surface area contributed by atoms with Crippen molar-refractivity contribution in [3.63, 3.8) is 0 Å². The van der Waals surface area contributed by atoms with Gasteiger partial charge in [0.15, 0.2) is 0 Å². The molecule has 0 radical (unpaired) electrons. The van der Waals surface area contributed by atoms with Crippen LogP contribution in [0.15, 0.2) is 41.1 Å². The Balaban J connectivity index is 1.49. The topological polar surface area (TPSA) is 67.6 Å². The summed E-state index contributed by atoms with van der Waals surface area (Å²) in [5, 5.41) is 3.41. The van der Waals surface area contributed by atoms with E-state index in [9.17, 15) is 4.79 Å². The van der Waals surface area contributed by atoms with E-state index < -0.39 is 0 Å². The van der Waals surface area contributed by atoms with Crippen molar-refractivity contribution < 1.29 is 13.9 Å². The van der Waals surface area contributed by atoms with E-state index >= 15 is 0 Å². The van der Waals surface area contributed by atoms with Crippen LogP contribution in [0.25, 0.3) is 0 Å². The number of aromatic nitrogens is 1. The zero-order chi connectivity index (χ0) is 16.6. The summed E-state index contributed by atoms with van der Waals surface area (Å²) in [6.45, 7) is 5.38. The van der Waals surface area contributed by atoms with Crippen LogP contribution in [-0.2, 0) is 4.74 Å². The second-order valence-electron chi connectivity index (χ2n) is 6.72. The Bertz CT molecular complexity index is 730. The fraction of sp³-hybridized carbons (Fsp3) is 0.444. The highest BCUT2D eigenvalue weighted by Crippen LogP contribution is 2.42. The van der Waals surface area contributed by atoms with Crippen LogP contribution in [0.2, 0.25) is 0 Å². The SMILES string of the molecule is Cc1occc1C(=O)N1C[C@@H]2COC[C@]2(CNc2ccccn2)C1. The molecule has 2 aromatic heterocycles. The number of furan rings is 1. The van der Waals surface area contributed by atoms with E-state index in [1.165, 1.54) is 0 Å². The molecule has 0 bridgehead atoms. The minimum absolute atomic E-state index is 0.0489. The van der Waals surface area contributed by atoms with Crippen molar-refractivity contribution in [2.45, 2.75) is 6.92 Å². The number of nitrogens with zero attached hydrogens (tertiary/aromatic N) is 2. The molecule has 4 rings (SSSR count). The number of fused-ring (bicyclic) bond motifs is 1. The van der Waals surface area contributed by atoms with Crippen LogP contribution in [0.5, 0.6) is 0 Å². The Labute approximate surface area is 140 Å². The number of anilines is 1. The number of amides is 1. The van der Waals surface area contributed by atoms with Crippen molar-refractivity contribution in [2.24, 2.45) is 11.3 Å². The van der Waals surface area contributed by atoms with E-state index in [-0.39, 0.29) is 11.3 Å². The van der Waals surface area contributed by atoms with Gasteiger partial charge in [0.2, 0.25) is 0 Å². The molecule has 6 nitrogen and oxygen atoms in total. The van der Waals surface area contributed by atoms with Crippen LogP contribution < -0.4 is 5.32 Å². The number of carbonyl (C=O) groups is 1. The third-order valence-electron chi connectivity index (χ3n) is 5.18. The molecule has 0 saturated carbocycles. The minimum Gasteiger partial charge on any atom is -0.469 e. The summed E-state index contributed by atoms with van der Waals surface area (Å²) in [6.07, 6.45) is 3.34. The molecule has 0 aromatic carbocycles. The van der Waals surface area contributed by atoms with Gasteiger partial charge in [-0.1, -0.05) is 6.07 Å². The highest BCUT2D eigenvalue weighted by molar-refractivity contribution is 5.95. The molecule has 2 aliphatic heterocycles. The van der Waals surface area contributed by atoms with Crippen LogP contribution in [0.1, 0.15) is 16.1 Å². The van der Waals surface area contributed by atoms with Crippen LogP contribution in [-0.4, -0.2) is 48.6 Å². The summed E-state index contributed by atoms with van der Waals surface area (Å²) in [6, 6.07) is 7.56. The molecular weight excluding hydrogens is 306 g/mol. The van der Waals surface area contributed by atoms with Gasteiger partial charge in [0.25, 0.3) is 5.91 Å². The smallest absolute Gasteiger partial charge is 0.257 e. The molecule has 2 aliphatic rings. The predicted molar refractivity (Wildman–Crippen MR) is 88.8 cm³/mol. The van der Waals surface area contributed by atoms with Gasteiger partial charge in [-0.15, -0.1) is 0 Å². The summed E-state index contributed by atoms with van der Waals surface area (Å²) < 4.78 is 11.0. The van der Waals surface area contributed by atoms with Gasteiger partial charge in [-0.2, -0.15) is 0 Å². The number of carbonyl (C=O) groups excluding carboxylic acids is 1. The molecule has 0 aliphatic carbocycles. The van der Waals surface area contributed by atoms with E-state index in [4.69, 9.17) is 9.15 Å². The highest BCUT2D eigenvalue weighted by Gasteiger charge is 2.51. The van der Waals surface area contributed by atoms with Gasteiger partial charge in [-0.05, 0) is 25.1 Å². The lowest BCUT2D eigenvalue weighted by molar-refractivity contribution is 0.0723. The van der Waals surface area contributed by atoms with Gasteiger partial charge in [0.1, 0.15) is 11.6 Å². The first-order valence-electron chi connectivity index (χ1n) is 8.24. The fourth-order valence-electron chi connectivity index (χ4n) is 3.75. The van der Waals surface area contributed by atoms with Gasteiger partial charge in [0.05, 0.1) is 25.0 Å². The van der Waals surface area contributed by atoms with Crippen LogP contribution in [0, 0.1) is 18.3 Å². The molecule has 0 unspecified atom stereocenters. The van der Waals surface area contributed by atoms with E-state index in [0.717, 1.165) is 18.9 Å². The summed E-state index contributed by atoms with van der Waals surface area (Å²) in [5.74, 6) is 1.93. The molecule has 2 aromatic rings. The lowest BCUT2D eigenvalue weighted by Gasteiger charge is -2.27. The molecule has 2 saturated heterocycles. The summed E-state index contributed by atoms with van der Waals surface area (Å²) >= 11 is 0. The van der Waals surface area contributed by atoms with Crippen LogP contribution in [0.4, 0.5) is 5.82 Å². The summed E-state index contributed by atoms with van der Waals surface area (Å²) in [4.78, 5) is 19.0. The lowest BCUT2D eigenvalue weighted by atomic mass is 9.81. The number of ether oxygens (including phenoxy) is 1. The van der Waals surface area contributed by atoms with E-state index in [2.05, 4.69) is 10.3 Å². The standard InChI is InChI=1S/C18H21N3O3/c1-13-15(5-7-24-13)17(22)21-8-14-9-23-12-18(14,11-21)10-20-16-4-2-3-6-19-16/h2-7,14H,8-12H2,1H3,(H,19,20)/t14-,18+/m1/s1. The quantitative estimate of drug-likeness (QED) is 0.932. The van der Waals surface area contributed by atoms with Crippen molar-refractivity contribution in [1.29, 1.82) is 0 Å². The lowest BCUT2D eigenvalue weighted by Crippen LogP contribution is -2.39. The van der Waals surface area contributed by atoms with Gasteiger partial charge >= 0.3 is 0 Å². The summed E-state index contributed by atoms with van der Waals surface area (Å²) in [7, 11) is 0. The molecule has 1 N–H and O–H groups in total. The molecule has 24 heavy (non-hydrogen) atoms. The number of rotatable bonds is 4. The maximum atomic E-state index is 12.8. The van der Waals surface area contributed by atoms with Gasteiger partial charge in [0, 0.05) is 37.2 Å². The molecule has 4 heterocycles. The van der Waals surface area contributed by atoms with Crippen molar-refractivity contribution >= 4 is 11.7 Å². The molecule has 2 fully saturated rings. The zero-order valence-corrected chi connectivity index (χ0v) is 13.7. The minimum atomic E-state index is -0.0508. The maximum Gasteiger partial charge on any atom is 0.257 e. The Morgan fingerprint density at radius 2 is 2.38 bits per heavy atom. The Kier molecular flexibility index (Phi) is 3.76. The average Bonchev–Trinajstić information content (AvgIpc) is 3.27. The van der Waals surface area contributed by atoms with Gasteiger partial charge < -0.3 is 19.4 Å². The molecule has 0 spiro atoms. The number of nitrogens with one attached hydrogen (secondary N) is 1. The van der Waals surface area contributed by atoms with E-state index in [1.807, 2.05) is 30.0 Å². The van der Waals surface area contributed by atoms with Gasteiger partial charge in [-0.25, -0.2) is 4.98 Å². The Morgan fingerprint density at radius 1 is 1.46 bits per heavy atom. The number of hydrogen-bond acceptors (Lipinski definition) is 5. The second kappa shape index (κ2) is 5.94. The summed E-state index contributed by atoms with van der Waals surface area (Å²) in [5.41, 5.74) is 0.605. The first-order valence-corrected chi connectivity index (χ1v) is 8.24. The average molecular weight is 327 g/mol.